The van der Waals surface area contributed by atoms with Gasteiger partial charge in [0.05, 0.1) is 0 Å². The molecule has 8 heteroatoms. The van der Waals surface area contributed by atoms with Crippen LogP contribution in [-0.2, 0) is 14.3 Å². The van der Waals surface area contributed by atoms with Gasteiger partial charge < -0.3 is 30.3 Å². The molecule has 14 heavy (non-hydrogen) atoms. The van der Waals surface area contributed by atoms with Gasteiger partial charge in [0.15, 0.2) is 11.7 Å². The van der Waals surface area contributed by atoms with E-state index in [0.717, 1.165) is 0 Å². The molecule has 0 amide bonds. The van der Waals surface area contributed by atoms with Gasteiger partial charge in [-0.15, -0.1) is 0 Å². The van der Waals surface area contributed by atoms with Crippen molar-refractivity contribution >= 4 is 5.78 Å². The number of hydrogen-bond acceptors (Lipinski definition) is 8. The Morgan fingerprint density at radius 1 is 1.21 bits per heavy atom. The van der Waals surface area contributed by atoms with Gasteiger partial charge in [0.25, 0.3) is 5.79 Å². The Morgan fingerprint density at radius 2 is 1.79 bits per heavy atom. The van der Waals surface area contributed by atoms with E-state index in [2.05, 4.69) is 9.47 Å². The first-order valence-electron chi connectivity index (χ1n) is 3.69. The quantitative estimate of drug-likeness (QED) is 0.255. The Morgan fingerprint density at radius 3 is 2.29 bits per heavy atom. The average Bonchev–Trinajstić information content (AvgIpc) is 2.31. The third kappa shape index (κ3) is 0.929. The summed E-state index contributed by atoms with van der Waals surface area (Å²) in [5, 5.41) is 45.7. The Kier molecular flexibility index (Phi) is 1.64. The maximum absolute atomic E-state index is 11.1. The van der Waals surface area contributed by atoms with Gasteiger partial charge in [0, 0.05) is 0 Å². The van der Waals surface area contributed by atoms with Crippen LogP contribution in [0, 0.1) is 5.92 Å². The van der Waals surface area contributed by atoms with Gasteiger partial charge in [-0.25, -0.2) is 0 Å². The van der Waals surface area contributed by atoms with Crippen molar-refractivity contribution < 1.29 is 39.8 Å². The molecule has 0 spiro atoms. The number of carbonyl (C=O) groups is 1. The standard InChI is InChI=1S/C6H8O8/c7-2-1-13-5(10)3(2)4(8,9)6(11,12)14-5/h3,8-12H,1H2. The van der Waals surface area contributed by atoms with Crippen LogP contribution in [0.4, 0.5) is 0 Å². The lowest BCUT2D eigenvalue weighted by Crippen LogP contribution is -2.56. The average molecular weight is 208 g/mol. The van der Waals surface area contributed by atoms with E-state index in [1.54, 1.807) is 0 Å². The van der Waals surface area contributed by atoms with E-state index in [4.69, 9.17) is 10.2 Å². The second kappa shape index (κ2) is 2.31. The summed E-state index contributed by atoms with van der Waals surface area (Å²) in [6, 6.07) is 0. The first-order chi connectivity index (χ1) is 6.21. The van der Waals surface area contributed by atoms with E-state index < -0.39 is 36.0 Å². The molecule has 2 saturated heterocycles. The Bertz CT molecular complexity index is 296. The largest absolute Gasteiger partial charge is 0.359 e. The van der Waals surface area contributed by atoms with Crippen molar-refractivity contribution in [3.8, 4) is 0 Å². The number of ether oxygens (including phenoxy) is 2. The Hall–Kier alpha value is -0.610. The van der Waals surface area contributed by atoms with Crippen molar-refractivity contribution in [1.29, 1.82) is 0 Å². The van der Waals surface area contributed by atoms with Crippen LogP contribution in [0.5, 0.6) is 0 Å². The zero-order valence-corrected chi connectivity index (χ0v) is 6.75. The number of hydrogen-bond donors (Lipinski definition) is 5. The third-order valence-electron chi connectivity index (χ3n) is 2.28. The lowest BCUT2D eigenvalue weighted by atomic mass is 9.95. The molecule has 2 heterocycles. The molecule has 2 atom stereocenters. The highest BCUT2D eigenvalue weighted by Gasteiger charge is 2.77. The van der Waals surface area contributed by atoms with Crippen LogP contribution in [0.1, 0.15) is 0 Å². The molecule has 0 aliphatic carbocycles. The predicted molar refractivity (Wildman–Crippen MR) is 34.8 cm³/mol. The molecule has 0 radical (unpaired) electrons. The highest BCUT2D eigenvalue weighted by Crippen LogP contribution is 2.48. The lowest BCUT2D eigenvalue weighted by molar-refractivity contribution is -0.472. The number of carbonyl (C=O) groups excluding carboxylic acids is 1. The van der Waals surface area contributed by atoms with Gasteiger partial charge in [0.1, 0.15) is 6.61 Å². The summed E-state index contributed by atoms with van der Waals surface area (Å²) < 4.78 is 8.46. The second-order valence-electron chi connectivity index (χ2n) is 3.26. The summed E-state index contributed by atoms with van der Waals surface area (Å²) in [6.45, 7) is -0.597. The molecule has 0 aromatic rings. The van der Waals surface area contributed by atoms with Crippen LogP contribution in [0.2, 0.25) is 0 Å². The van der Waals surface area contributed by atoms with Crippen molar-refractivity contribution in [3.63, 3.8) is 0 Å². The molecule has 5 N–H and O–H groups in total. The number of rotatable bonds is 0. The fraction of sp³-hybridized carbons (Fsp3) is 0.833. The summed E-state index contributed by atoms with van der Waals surface area (Å²) in [5.74, 6) is -12.3. The van der Waals surface area contributed by atoms with Crippen molar-refractivity contribution in [2.75, 3.05) is 6.61 Å². The van der Waals surface area contributed by atoms with Crippen molar-refractivity contribution in [3.05, 3.63) is 0 Å². The maximum Gasteiger partial charge on any atom is 0.340 e. The normalized spacial score (nSPS) is 44.1. The van der Waals surface area contributed by atoms with E-state index >= 15 is 0 Å². The molecule has 2 unspecified atom stereocenters. The summed E-state index contributed by atoms with van der Waals surface area (Å²) in [5.41, 5.74) is 0. The van der Waals surface area contributed by atoms with Crippen LogP contribution in [0.3, 0.4) is 0 Å². The van der Waals surface area contributed by atoms with Gasteiger partial charge in [0.2, 0.25) is 0 Å². The first kappa shape index (κ1) is 9.93. The topological polar surface area (TPSA) is 137 Å². The molecular weight excluding hydrogens is 200 g/mol. The number of fused-ring (bicyclic) bond motifs is 1. The Labute approximate surface area is 76.9 Å². The molecule has 0 saturated carbocycles. The zero-order chi connectivity index (χ0) is 10.8. The van der Waals surface area contributed by atoms with Crippen LogP contribution >= 0.6 is 0 Å². The van der Waals surface area contributed by atoms with Crippen LogP contribution in [0.15, 0.2) is 0 Å². The SMILES string of the molecule is O=C1COC2(O)OC(O)(O)C(O)(O)C12. The summed E-state index contributed by atoms with van der Waals surface area (Å²) >= 11 is 0. The molecule has 8 nitrogen and oxygen atoms in total. The number of ketones is 1. The fourth-order valence-electron chi connectivity index (χ4n) is 1.58. The third-order valence-corrected chi connectivity index (χ3v) is 2.28. The Balaban J connectivity index is 2.48. The minimum absolute atomic E-state index is 0.597. The van der Waals surface area contributed by atoms with Crippen molar-refractivity contribution in [2.45, 2.75) is 17.7 Å². The molecule has 2 aliphatic rings. The number of aliphatic hydroxyl groups is 5. The van der Waals surface area contributed by atoms with Gasteiger partial charge in [-0.1, -0.05) is 0 Å². The molecule has 0 aromatic heterocycles. The molecule has 80 valence electrons. The highest BCUT2D eigenvalue weighted by molar-refractivity contribution is 5.86. The smallest absolute Gasteiger partial charge is 0.340 e. The minimum Gasteiger partial charge on any atom is -0.359 e. The van der Waals surface area contributed by atoms with E-state index in [0.29, 0.717) is 0 Å². The number of Topliss-reactive ketones (excluding diaryl/α,β-unsaturated/α-hetero) is 1. The van der Waals surface area contributed by atoms with Gasteiger partial charge in [-0.2, -0.15) is 0 Å². The summed E-state index contributed by atoms with van der Waals surface area (Å²) in [4.78, 5) is 11.1. The molecule has 0 bridgehead atoms. The molecule has 2 fully saturated rings. The first-order valence-corrected chi connectivity index (χ1v) is 3.69. The van der Waals surface area contributed by atoms with E-state index in [1.807, 2.05) is 0 Å². The summed E-state index contributed by atoms with van der Waals surface area (Å²) in [6.07, 6.45) is 0. The van der Waals surface area contributed by atoms with E-state index in [1.165, 1.54) is 0 Å². The summed E-state index contributed by atoms with van der Waals surface area (Å²) in [7, 11) is 0. The molecular formula is C6H8O8. The molecule has 2 aliphatic heterocycles. The van der Waals surface area contributed by atoms with E-state index in [9.17, 15) is 20.1 Å². The monoisotopic (exact) mass is 208 g/mol. The van der Waals surface area contributed by atoms with Crippen molar-refractivity contribution in [2.24, 2.45) is 5.92 Å². The lowest BCUT2D eigenvalue weighted by Gasteiger charge is -2.27. The van der Waals surface area contributed by atoms with Gasteiger partial charge in [-0.05, 0) is 0 Å². The highest BCUT2D eigenvalue weighted by atomic mass is 16.9. The fourth-order valence-corrected chi connectivity index (χ4v) is 1.58. The van der Waals surface area contributed by atoms with Crippen LogP contribution < -0.4 is 0 Å². The van der Waals surface area contributed by atoms with Gasteiger partial charge >= 0.3 is 11.9 Å². The zero-order valence-electron chi connectivity index (χ0n) is 6.75. The predicted octanol–water partition coefficient (Wildman–Crippen LogP) is -3.80. The molecule has 0 aromatic carbocycles. The second-order valence-corrected chi connectivity index (χ2v) is 3.26. The van der Waals surface area contributed by atoms with Crippen molar-refractivity contribution in [1.82, 2.24) is 0 Å². The molecule has 2 rings (SSSR count). The maximum atomic E-state index is 11.1. The van der Waals surface area contributed by atoms with Gasteiger partial charge in [-0.3, -0.25) is 9.53 Å². The minimum atomic E-state index is -3.46. The van der Waals surface area contributed by atoms with Crippen LogP contribution in [0.25, 0.3) is 0 Å². The van der Waals surface area contributed by atoms with Crippen LogP contribution in [-0.4, -0.2) is 55.7 Å². The van der Waals surface area contributed by atoms with E-state index in [-0.39, 0.29) is 0 Å².